The number of benzene rings is 1. The summed E-state index contributed by atoms with van der Waals surface area (Å²) in [6, 6.07) is 7.62. The van der Waals surface area contributed by atoms with Crippen LogP contribution in [-0.2, 0) is 6.42 Å². The number of aliphatic hydroxyl groups is 1. The van der Waals surface area contributed by atoms with Gasteiger partial charge in [0.25, 0.3) is 0 Å². The van der Waals surface area contributed by atoms with Crippen molar-refractivity contribution in [1.82, 2.24) is 4.90 Å². The first kappa shape index (κ1) is 15.5. The predicted octanol–water partition coefficient (Wildman–Crippen LogP) is 2.87. The van der Waals surface area contributed by atoms with Crippen molar-refractivity contribution in [2.75, 3.05) is 18.4 Å². The molecule has 1 aromatic carbocycles. The minimum absolute atomic E-state index is 0.183. The molecule has 0 aliphatic heterocycles. The molecule has 19 heavy (non-hydrogen) atoms. The molecule has 0 heterocycles. The third-order valence-corrected chi connectivity index (χ3v) is 2.83. The van der Waals surface area contributed by atoms with Gasteiger partial charge in [-0.25, -0.2) is 4.79 Å². The second kappa shape index (κ2) is 6.57. The number of aryl methyl sites for hydroxylation is 1. The smallest absolute Gasteiger partial charge is 0.321 e. The van der Waals surface area contributed by atoms with Crippen LogP contribution in [0.3, 0.4) is 0 Å². The van der Waals surface area contributed by atoms with Crippen LogP contribution in [0.4, 0.5) is 10.5 Å². The van der Waals surface area contributed by atoms with Crippen LogP contribution in [0, 0.1) is 0 Å². The van der Waals surface area contributed by atoms with Crippen LogP contribution in [0.1, 0.15) is 33.3 Å². The lowest BCUT2D eigenvalue weighted by molar-refractivity contribution is 0.0501. The fourth-order valence-corrected chi connectivity index (χ4v) is 1.87. The normalized spacial score (nSPS) is 11.2. The Morgan fingerprint density at radius 1 is 1.37 bits per heavy atom. The van der Waals surface area contributed by atoms with Crippen molar-refractivity contribution in [3.8, 4) is 0 Å². The van der Waals surface area contributed by atoms with Crippen molar-refractivity contribution in [3.63, 3.8) is 0 Å². The molecule has 4 nitrogen and oxygen atoms in total. The molecule has 0 atom stereocenters. The van der Waals surface area contributed by atoms with E-state index in [-0.39, 0.29) is 6.03 Å². The zero-order valence-corrected chi connectivity index (χ0v) is 12.2. The standard InChI is InChI=1S/C15H24N2O2/c1-5-12-8-7-9-13(10-12)16-14(18)17(6-2)11-15(3,4)19/h7-10,19H,5-6,11H2,1-4H3,(H,16,18). The Hall–Kier alpha value is -1.55. The number of urea groups is 1. The third-order valence-electron chi connectivity index (χ3n) is 2.83. The molecule has 2 amide bonds. The summed E-state index contributed by atoms with van der Waals surface area (Å²) >= 11 is 0. The van der Waals surface area contributed by atoms with Crippen LogP contribution in [0.2, 0.25) is 0 Å². The Balaban J connectivity index is 2.71. The summed E-state index contributed by atoms with van der Waals surface area (Å²) < 4.78 is 0. The van der Waals surface area contributed by atoms with E-state index in [1.807, 2.05) is 31.2 Å². The van der Waals surface area contributed by atoms with Crippen molar-refractivity contribution in [2.24, 2.45) is 0 Å². The zero-order valence-electron chi connectivity index (χ0n) is 12.2. The molecule has 0 aromatic heterocycles. The van der Waals surface area contributed by atoms with Crippen LogP contribution in [-0.4, -0.2) is 34.7 Å². The van der Waals surface area contributed by atoms with Gasteiger partial charge >= 0.3 is 6.03 Å². The fourth-order valence-electron chi connectivity index (χ4n) is 1.87. The van der Waals surface area contributed by atoms with E-state index in [4.69, 9.17) is 0 Å². The minimum Gasteiger partial charge on any atom is -0.389 e. The van der Waals surface area contributed by atoms with Crippen molar-refractivity contribution in [2.45, 2.75) is 39.7 Å². The average molecular weight is 264 g/mol. The van der Waals surface area contributed by atoms with Gasteiger partial charge in [-0.15, -0.1) is 0 Å². The van der Waals surface area contributed by atoms with Crippen LogP contribution in [0.15, 0.2) is 24.3 Å². The van der Waals surface area contributed by atoms with Gasteiger partial charge in [-0.2, -0.15) is 0 Å². The first-order chi connectivity index (χ1) is 8.85. The molecule has 0 fully saturated rings. The van der Waals surface area contributed by atoms with Crippen molar-refractivity contribution < 1.29 is 9.90 Å². The summed E-state index contributed by atoms with van der Waals surface area (Å²) in [5, 5.41) is 12.7. The molecule has 0 spiro atoms. The highest BCUT2D eigenvalue weighted by Gasteiger charge is 2.21. The van der Waals surface area contributed by atoms with Gasteiger partial charge in [0.1, 0.15) is 0 Å². The van der Waals surface area contributed by atoms with Gasteiger partial charge in [0, 0.05) is 12.2 Å². The number of amides is 2. The highest BCUT2D eigenvalue weighted by Crippen LogP contribution is 2.13. The molecule has 106 valence electrons. The van der Waals surface area contributed by atoms with E-state index in [2.05, 4.69) is 12.2 Å². The predicted molar refractivity (Wildman–Crippen MR) is 78.4 cm³/mol. The first-order valence-corrected chi connectivity index (χ1v) is 6.73. The third kappa shape index (κ3) is 5.30. The van der Waals surface area contributed by atoms with Gasteiger partial charge in [0.05, 0.1) is 12.1 Å². The molecular formula is C15H24N2O2. The molecule has 2 N–H and O–H groups in total. The van der Waals surface area contributed by atoms with Gasteiger partial charge in [-0.05, 0) is 44.9 Å². The largest absolute Gasteiger partial charge is 0.389 e. The molecule has 4 heteroatoms. The Morgan fingerprint density at radius 2 is 2.05 bits per heavy atom. The van der Waals surface area contributed by atoms with Crippen LogP contribution in [0.25, 0.3) is 0 Å². The fraction of sp³-hybridized carbons (Fsp3) is 0.533. The molecule has 0 saturated carbocycles. The van der Waals surface area contributed by atoms with E-state index in [0.717, 1.165) is 12.1 Å². The second-order valence-electron chi connectivity index (χ2n) is 5.31. The lowest BCUT2D eigenvalue weighted by Crippen LogP contribution is -2.44. The molecule has 0 saturated heterocycles. The summed E-state index contributed by atoms with van der Waals surface area (Å²) in [7, 11) is 0. The molecule has 0 aliphatic rings. The highest BCUT2D eigenvalue weighted by molar-refractivity contribution is 5.89. The van der Waals surface area contributed by atoms with Gasteiger partial charge in [-0.3, -0.25) is 0 Å². The lowest BCUT2D eigenvalue weighted by atomic mass is 10.1. The number of likely N-dealkylation sites (N-methyl/N-ethyl adjacent to an activating group) is 1. The first-order valence-electron chi connectivity index (χ1n) is 6.73. The minimum atomic E-state index is -0.890. The zero-order chi connectivity index (χ0) is 14.5. The van der Waals surface area contributed by atoms with Gasteiger partial charge in [0.15, 0.2) is 0 Å². The van der Waals surface area contributed by atoms with Gasteiger partial charge in [-0.1, -0.05) is 19.1 Å². The number of hydrogen-bond acceptors (Lipinski definition) is 2. The Kier molecular flexibility index (Phi) is 5.36. The van der Waals surface area contributed by atoms with Crippen molar-refractivity contribution >= 4 is 11.7 Å². The van der Waals surface area contributed by atoms with Crippen molar-refractivity contribution in [3.05, 3.63) is 29.8 Å². The molecule has 1 rings (SSSR count). The number of rotatable bonds is 5. The van der Waals surface area contributed by atoms with E-state index >= 15 is 0 Å². The summed E-state index contributed by atoms with van der Waals surface area (Å²) in [5.74, 6) is 0. The van der Waals surface area contributed by atoms with Crippen molar-refractivity contribution in [1.29, 1.82) is 0 Å². The Labute approximate surface area is 115 Å². The quantitative estimate of drug-likeness (QED) is 0.859. The Bertz CT molecular complexity index is 424. The average Bonchev–Trinajstić information content (AvgIpc) is 2.35. The summed E-state index contributed by atoms with van der Waals surface area (Å²) in [5.41, 5.74) is 1.08. The van der Waals surface area contributed by atoms with Gasteiger partial charge in [0.2, 0.25) is 0 Å². The molecule has 1 aromatic rings. The number of hydrogen-bond donors (Lipinski definition) is 2. The van der Waals surface area contributed by atoms with E-state index in [1.165, 1.54) is 5.56 Å². The molecular weight excluding hydrogens is 240 g/mol. The second-order valence-corrected chi connectivity index (χ2v) is 5.31. The Morgan fingerprint density at radius 3 is 2.58 bits per heavy atom. The topological polar surface area (TPSA) is 52.6 Å². The van der Waals surface area contributed by atoms with Gasteiger partial charge < -0.3 is 15.3 Å². The van der Waals surface area contributed by atoms with E-state index < -0.39 is 5.60 Å². The SMILES string of the molecule is CCc1cccc(NC(=O)N(CC)CC(C)(C)O)c1. The number of carbonyl (C=O) groups excluding carboxylic acids is 1. The van der Waals surface area contributed by atoms with Crippen LogP contribution < -0.4 is 5.32 Å². The maximum absolute atomic E-state index is 12.1. The molecule has 0 unspecified atom stereocenters. The molecule has 0 radical (unpaired) electrons. The summed E-state index contributed by atoms with van der Waals surface area (Å²) in [4.78, 5) is 13.7. The van der Waals surface area contributed by atoms with E-state index in [1.54, 1.807) is 18.7 Å². The van der Waals surface area contributed by atoms with Crippen LogP contribution >= 0.6 is 0 Å². The molecule has 0 aliphatic carbocycles. The highest BCUT2D eigenvalue weighted by atomic mass is 16.3. The number of carbonyl (C=O) groups is 1. The number of anilines is 1. The lowest BCUT2D eigenvalue weighted by Gasteiger charge is -2.28. The monoisotopic (exact) mass is 264 g/mol. The maximum Gasteiger partial charge on any atom is 0.321 e. The van der Waals surface area contributed by atoms with E-state index in [0.29, 0.717) is 13.1 Å². The molecule has 0 bridgehead atoms. The summed E-state index contributed by atoms with van der Waals surface area (Å²) in [6.45, 7) is 8.23. The maximum atomic E-state index is 12.1. The summed E-state index contributed by atoms with van der Waals surface area (Å²) in [6.07, 6.45) is 0.935. The van der Waals surface area contributed by atoms with E-state index in [9.17, 15) is 9.90 Å². The van der Waals surface area contributed by atoms with Crippen LogP contribution in [0.5, 0.6) is 0 Å². The number of nitrogens with one attached hydrogen (secondary N) is 1. The number of nitrogens with zero attached hydrogens (tertiary/aromatic N) is 1.